The van der Waals surface area contributed by atoms with Crippen molar-refractivity contribution in [2.24, 2.45) is 0 Å². The van der Waals surface area contributed by atoms with Gasteiger partial charge in [0.25, 0.3) is 0 Å². The van der Waals surface area contributed by atoms with Crippen LogP contribution in [0.4, 0.5) is 5.82 Å². The molecule has 0 radical (unpaired) electrons. The smallest absolute Gasteiger partial charge is 0.213 e. The molecule has 4 aromatic heterocycles. The van der Waals surface area contributed by atoms with Gasteiger partial charge in [-0.15, -0.1) is 0 Å². The van der Waals surface area contributed by atoms with Gasteiger partial charge in [0.05, 0.1) is 17.3 Å². The monoisotopic (exact) mass is 545 g/mol. The minimum atomic E-state index is -1.11. The summed E-state index contributed by atoms with van der Waals surface area (Å²) in [6, 6.07) is 13.4. The Morgan fingerprint density at radius 3 is 2.56 bits per heavy atom. The first-order valence-corrected chi connectivity index (χ1v) is 14.1. The third-order valence-corrected chi connectivity index (χ3v) is 7.95. The number of rotatable bonds is 6. The van der Waals surface area contributed by atoms with E-state index in [-0.39, 0.29) is 0 Å². The first-order valence-electron chi connectivity index (χ1n) is 14.1. The first-order chi connectivity index (χ1) is 19.8. The van der Waals surface area contributed by atoms with Gasteiger partial charge in [0, 0.05) is 73.1 Å². The lowest BCUT2D eigenvalue weighted by atomic mass is 9.87. The first kappa shape index (κ1) is 25.5. The third-order valence-electron chi connectivity index (χ3n) is 7.95. The minimum absolute atomic E-state index is 0.364. The highest BCUT2D eigenvalue weighted by Gasteiger charge is 2.44. The Kier molecular flexibility index (Phi) is 6.15. The molecule has 0 spiro atoms. The number of piperazine rings is 1. The molecule has 7 heterocycles. The summed E-state index contributed by atoms with van der Waals surface area (Å²) in [4.78, 5) is 14.3. The molecule has 206 valence electrons. The van der Waals surface area contributed by atoms with E-state index in [0.29, 0.717) is 34.8 Å². The number of pyridine rings is 3. The van der Waals surface area contributed by atoms with Gasteiger partial charge in [0.2, 0.25) is 5.88 Å². The van der Waals surface area contributed by atoms with E-state index in [9.17, 15) is 10.4 Å². The largest absolute Gasteiger partial charge is 0.474 e. The standard InChI is InChI=1S/C32H31N7O2/c1-32(2,40)10-9-21-11-28(31-24(13-33)16-36-39(31)18-21)23-4-7-29(34-15-23)37-19-25-12-26(20-37)38(25)17-22-3-8-30(35-14-22)41-27-5-6-27/h3-4,7-8,11,14-16,18,25-27,40H,5-6,12,17,19-20H2,1-2H3. The molecular weight excluding hydrogens is 514 g/mol. The van der Waals surface area contributed by atoms with Crippen LogP contribution in [-0.2, 0) is 6.54 Å². The number of nitriles is 1. The molecule has 4 aromatic rings. The van der Waals surface area contributed by atoms with E-state index in [4.69, 9.17) is 9.72 Å². The van der Waals surface area contributed by atoms with Gasteiger partial charge in [-0.3, -0.25) is 4.90 Å². The lowest BCUT2D eigenvalue weighted by Crippen LogP contribution is -2.68. The predicted molar refractivity (Wildman–Crippen MR) is 154 cm³/mol. The minimum Gasteiger partial charge on any atom is -0.474 e. The Hall–Kier alpha value is -4.44. The molecule has 3 aliphatic heterocycles. The Morgan fingerprint density at radius 1 is 1.07 bits per heavy atom. The van der Waals surface area contributed by atoms with E-state index in [1.165, 1.54) is 12.0 Å². The Labute approximate surface area is 239 Å². The quantitative estimate of drug-likeness (QED) is 0.365. The molecular formula is C32H31N7O2. The number of nitrogens with zero attached hydrogens (tertiary/aromatic N) is 7. The average molecular weight is 546 g/mol. The van der Waals surface area contributed by atoms with Crippen LogP contribution < -0.4 is 9.64 Å². The zero-order valence-electron chi connectivity index (χ0n) is 23.2. The second-order valence-electron chi connectivity index (χ2n) is 11.8. The van der Waals surface area contributed by atoms with Gasteiger partial charge in [-0.2, -0.15) is 10.4 Å². The van der Waals surface area contributed by atoms with Crippen molar-refractivity contribution in [2.75, 3.05) is 18.0 Å². The number of aliphatic hydroxyl groups is 1. The normalized spacial score (nSPS) is 20.2. The summed E-state index contributed by atoms with van der Waals surface area (Å²) in [7, 11) is 0. The van der Waals surface area contributed by atoms with E-state index in [2.05, 4.69) is 49.9 Å². The van der Waals surface area contributed by atoms with E-state index in [0.717, 1.165) is 55.3 Å². The SMILES string of the molecule is CC(C)(O)C#Cc1cc(-c2ccc(N3CC4CC(C3)N4Cc3ccc(OC4CC4)nc3)nc2)c2c(C#N)cnn2c1. The topological polar surface area (TPSA) is 103 Å². The number of aromatic nitrogens is 4. The van der Waals surface area contributed by atoms with Crippen LogP contribution in [-0.4, -0.2) is 66.5 Å². The zero-order chi connectivity index (χ0) is 28.1. The molecule has 2 atom stereocenters. The van der Waals surface area contributed by atoms with Crippen LogP contribution in [0.25, 0.3) is 16.6 Å². The molecule has 1 saturated carbocycles. The summed E-state index contributed by atoms with van der Waals surface area (Å²) < 4.78 is 7.46. The molecule has 2 bridgehead atoms. The number of hydrogen-bond acceptors (Lipinski definition) is 8. The van der Waals surface area contributed by atoms with Crippen LogP contribution in [0.3, 0.4) is 0 Å². The van der Waals surface area contributed by atoms with Gasteiger partial charge in [0.1, 0.15) is 23.6 Å². The highest BCUT2D eigenvalue weighted by molar-refractivity contribution is 5.85. The summed E-state index contributed by atoms with van der Waals surface area (Å²) in [6.45, 7) is 6.07. The number of ether oxygens (including phenoxy) is 1. The summed E-state index contributed by atoms with van der Waals surface area (Å²) in [6.07, 6.45) is 11.0. The summed E-state index contributed by atoms with van der Waals surface area (Å²) >= 11 is 0. The maximum atomic E-state index is 10.1. The van der Waals surface area contributed by atoms with Crippen LogP contribution in [0, 0.1) is 23.2 Å². The fourth-order valence-corrected chi connectivity index (χ4v) is 5.72. The number of piperidine rings is 1. The lowest BCUT2D eigenvalue weighted by Gasteiger charge is -2.56. The van der Waals surface area contributed by atoms with Gasteiger partial charge in [-0.05, 0) is 56.9 Å². The fraction of sp³-hybridized carbons (Fsp3) is 0.375. The Bertz CT molecular complexity index is 1690. The van der Waals surface area contributed by atoms with Gasteiger partial charge < -0.3 is 14.7 Å². The molecule has 0 aromatic carbocycles. The van der Waals surface area contributed by atoms with Gasteiger partial charge in [-0.1, -0.05) is 17.9 Å². The maximum absolute atomic E-state index is 10.1. The second-order valence-corrected chi connectivity index (χ2v) is 11.8. The van der Waals surface area contributed by atoms with Crippen molar-refractivity contribution < 1.29 is 9.84 Å². The van der Waals surface area contributed by atoms with Crippen molar-refractivity contribution in [1.82, 2.24) is 24.5 Å². The van der Waals surface area contributed by atoms with E-state index in [1.54, 1.807) is 30.8 Å². The predicted octanol–water partition coefficient (Wildman–Crippen LogP) is 3.79. The lowest BCUT2D eigenvalue weighted by molar-refractivity contribution is -0.00877. The molecule has 8 rings (SSSR count). The average Bonchev–Trinajstić information content (AvgIpc) is 3.70. The fourth-order valence-electron chi connectivity index (χ4n) is 5.72. The van der Waals surface area contributed by atoms with Gasteiger partial charge in [-0.25, -0.2) is 14.5 Å². The van der Waals surface area contributed by atoms with Crippen LogP contribution in [0.2, 0.25) is 0 Å². The zero-order valence-corrected chi connectivity index (χ0v) is 23.2. The number of hydrogen-bond donors (Lipinski definition) is 1. The molecule has 2 unspecified atom stereocenters. The van der Waals surface area contributed by atoms with Crippen LogP contribution in [0.1, 0.15) is 49.8 Å². The molecule has 1 N–H and O–H groups in total. The van der Waals surface area contributed by atoms with Crippen LogP contribution in [0.5, 0.6) is 5.88 Å². The van der Waals surface area contributed by atoms with Crippen LogP contribution >= 0.6 is 0 Å². The van der Waals surface area contributed by atoms with Crippen LogP contribution in [0.15, 0.2) is 55.1 Å². The van der Waals surface area contributed by atoms with Gasteiger partial charge in [0.15, 0.2) is 0 Å². The van der Waals surface area contributed by atoms with Crippen molar-refractivity contribution >= 4 is 11.3 Å². The molecule has 0 amide bonds. The van der Waals surface area contributed by atoms with E-state index < -0.39 is 5.60 Å². The third kappa shape index (κ3) is 5.22. The summed E-state index contributed by atoms with van der Waals surface area (Å²) in [5, 5.41) is 24.1. The number of anilines is 1. The molecule has 1 aliphatic carbocycles. The maximum Gasteiger partial charge on any atom is 0.213 e. The molecule has 4 aliphatic rings. The molecule has 3 saturated heterocycles. The second kappa shape index (κ2) is 9.88. The van der Waals surface area contributed by atoms with Crippen molar-refractivity contribution in [2.45, 2.75) is 63.4 Å². The summed E-state index contributed by atoms with van der Waals surface area (Å²) in [5.74, 6) is 7.57. The molecule has 4 fully saturated rings. The van der Waals surface area contributed by atoms with Crippen molar-refractivity contribution in [3.8, 4) is 34.9 Å². The van der Waals surface area contributed by atoms with E-state index >= 15 is 0 Å². The van der Waals surface area contributed by atoms with E-state index in [1.807, 2.05) is 30.6 Å². The summed E-state index contributed by atoms with van der Waals surface area (Å²) in [5.41, 5.74) is 3.72. The Morgan fingerprint density at radius 2 is 1.90 bits per heavy atom. The Balaban J connectivity index is 1.07. The highest BCUT2D eigenvalue weighted by atomic mass is 16.5. The number of fused-ring (bicyclic) bond motifs is 3. The van der Waals surface area contributed by atoms with Crippen molar-refractivity contribution in [3.05, 3.63) is 71.8 Å². The molecule has 9 heteroatoms. The molecule has 9 nitrogen and oxygen atoms in total. The van der Waals surface area contributed by atoms with Crippen molar-refractivity contribution in [1.29, 1.82) is 5.26 Å². The molecule has 41 heavy (non-hydrogen) atoms. The van der Waals surface area contributed by atoms with Gasteiger partial charge >= 0.3 is 0 Å². The highest BCUT2D eigenvalue weighted by Crippen LogP contribution is 2.36. The van der Waals surface area contributed by atoms with Crippen molar-refractivity contribution in [3.63, 3.8) is 0 Å².